The molecule has 14 heavy (non-hydrogen) atoms. The van der Waals surface area contributed by atoms with E-state index in [9.17, 15) is 19.5 Å². The molecule has 0 radical (unpaired) electrons. The van der Waals surface area contributed by atoms with Crippen LogP contribution in [0, 0.1) is 0 Å². The normalized spacial score (nSPS) is 5.86. The van der Waals surface area contributed by atoms with Crippen LogP contribution in [0.2, 0.25) is 0 Å². The molecule has 0 spiro atoms. The van der Waals surface area contributed by atoms with E-state index in [1.807, 2.05) is 0 Å². The molecule has 0 aliphatic carbocycles. The van der Waals surface area contributed by atoms with E-state index in [1.165, 1.54) is 0 Å². The Balaban J connectivity index is -0.000000167. The smallest absolute Gasteiger partial charge is 1.00 e. The molecule has 64 valence electrons. The summed E-state index contributed by atoms with van der Waals surface area (Å²) in [6.45, 7) is 0. The summed E-state index contributed by atoms with van der Waals surface area (Å²) in [5, 5.41) is 20.3. The predicted octanol–water partition coefficient (Wildman–Crippen LogP) is -11.2. The molecular formula is H2B4Na2O8. The zero-order chi connectivity index (χ0) is 8.69. The van der Waals surface area contributed by atoms with Crippen LogP contribution in [0.15, 0.2) is 0 Å². The van der Waals surface area contributed by atoms with Crippen molar-refractivity contribution in [1.29, 1.82) is 0 Å². The Bertz CT molecular complexity index is 119. The predicted molar refractivity (Wildman–Crippen MR) is 31.3 cm³/mol. The Kier molecular flexibility index (Phi) is 29.3. The molecule has 0 amide bonds. The second kappa shape index (κ2) is 16.7. The largest absolute Gasteiger partial charge is 1.00 e. The maximum atomic E-state index is 10.1. The SMILES string of the molecule is O.O=BOB([O-])OB([O-])OB=O.[Na+].[Na+]. The van der Waals surface area contributed by atoms with E-state index < -0.39 is 14.6 Å². The van der Waals surface area contributed by atoms with Crippen molar-refractivity contribution in [2.24, 2.45) is 0 Å². The van der Waals surface area contributed by atoms with Gasteiger partial charge in [-0.25, -0.2) is 0 Å². The fourth-order valence-corrected chi connectivity index (χ4v) is 0.246. The van der Waals surface area contributed by atoms with E-state index in [0.29, 0.717) is 0 Å². The van der Waals surface area contributed by atoms with Crippen molar-refractivity contribution < 1.29 is 97.8 Å². The Hall–Kier alpha value is 1.30. The van der Waals surface area contributed by atoms with Crippen LogP contribution in [0.4, 0.5) is 0 Å². The van der Waals surface area contributed by atoms with Crippen LogP contribution in [-0.4, -0.2) is 34.8 Å². The molecule has 8 nitrogen and oxygen atoms in total. The van der Waals surface area contributed by atoms with E-state index in [4.69, 9.17) is 0 Å². The molecule has 0 rings (SSSR count). The van der Waals surface area contributed by atoms with Gasteiger partial charge in [0.1, 0.15) is 0 Å². The third-order valence-electron chi connectivity index (χ3n) is 0.556. The minimum atomic E-state index is -2.27. The minimum Gasteiger partial charge on any atom is 1.00 e. The molecule has 2 N–H and O–H groups in total. The van der Waals surface area contributed by atoms with Gasteiger partial charge in [0.25, 0.3) is 0 Å². The van der Waals surface area contributed by atoms with Gasteiger partial charge < -0.3 is 5.48 Å². The van der Waals surface area contributed by atoms with E-state index >= 15 is 0 Å². The summed E-state index contributed by atoms with van der Waals surface area (Å²) < 4.78 is 29.8. The van der Waals surface area contributed by atoms with Crippen LogP contribution < -0.4 is 69.2 Å². The van der Waals surface area contributed by atoms with E-state index in [1.54, 1.807) is 0 Å². The molecule has 0 aromatic carbocycles. The van der Waals surface area contributed by atoms with Gasteiger partial charge in [-0.2, -0.15) is 0 Å². The molecule has 14 heteroatoms. The van der Waals surface area contributed by atoms with Gasteiger partial charge in [-0.15, -0.1) is 0 Å². The fraction of sp³-hybridized carbons (Fsp3) is 0. The summed E-state index contributed by atoms with van der Waals surface area (Å²) in [5.74, 6) is 0. The van der Waals surface area contributed by atoms with Crippen molar-refractivity contribution in [1.82, 2.24) is 0 Å². The monoisotopic (exact) mass is 220 g/mol. The molecule has 0 aromatic rings. The Morgan fingerprint density at radius 2 is 1.21 bits per heavy atom. The maximum absolute atomic E-state index is 10.1. The van der Waals surface area contributed by atoms with Gasteiger partial charge in [0, 0.05) is 0 Å². The first-order valence-corrected chi connectivity index (χ1v) is 2.36. The van der Waals surface area contributed by atoms with E-state index in [0.717, 1.165) is 0 Å². The second-order valence-corrected chi connectivity index (χ2v) is 1.18. The van der Waals surface area contributed by atoms with Gasteiger partial charge in [-0.05, 0) is 0 Å². The zero-order valence-corrected chi connectivity index (χ0v) is 11.7. The topological polar surface area (TPSA) is 139 Å². The first-order chi connectivity index (χ1) is 5.20. The molecule has 0 aliphatic heterocycles. The number of hydrogen-bond donors (Lipinski definition) is 0. The van der Waals surface area contributed by atoms with Gasteiger partial charge >= 0.3 is 122 Å². The molecule has 0 fully saturated rings. The molecule has 0 unspecified atom stereocenters. The number of rotatable bonds is 6. The van der Waals surface area contributed by atoms with Crippen LogP contribution in [0.1, 0.15) is 0 Å². The molecule has 0 bridgehead atoms. The van der Waals surface area contributed by atoms with Gasteiger partial charge in [-0.1, -0.05) is 0 Å². The average Bonchev–Trinajstić information content (AvgIpc) is 1.87. The van der Waals surface area contributed by atoms with Crippen molar-refractivity contribution in [3.63, 3.8) is 0 Å². The summed E-state index contributed by atoms with van der Waals surface area (Å²) in [6, 6.07) is 0. The van der Waals surface area contributed by atoms with Crippen molar-refractivity contribution in [3.8, 4) is 0 Å². The van der Waals surface area contributed by atoms with Gasteiger partial charge in [0.15, 0.2) is 0 Å². The van der Waals surface area contributed by atoms with Gasteiger partial charge in [-0.3, -0.25) is 0 Å². The van der Waals surface area contributed by atoms with E-state index in [2.05, 4.69) is 13.7 Å². The molecule has 0 saturated heterocycles. The van der Waals surface area contributed by atoms with Crippen LogP contribution in [0.25, 0.3) is 0 Å². The van der Waals surface area contributed by atoms with Crippen molar-refractivity contribution in [3.05, 3.63) is 0 Å². The standard InChI is InChI=1S/B4O7.2Na.H2O/c5-1-9-3(7)11-4(8)10-2-6;;;/h;;;1H2/q-2;2*+1;. The molecular weight excluding hydrogens is 217 g/mol. The number of hydrogen-bond acceptors (Lipinski definition) is 7. The quantitative estimate of drug-likeness (QED) is 0.404. The summed E-state index contributed by atoms with van der Waals surface area (Å²) >= 11 is 0. The third kappa shape index (κ3) is 15.8. The summed E-state index contributed by atoms with van der Waals surface area (Å²) in [4.78, 5) is 0. The second-order valence-electron chi connectivity index (χ2n) is 1.18. The van der Waals surface area contributed by atoms with Crippen LogP contribution >= 0.6 is 0 Å². The molecule has 0 atom stereocenters. The summed E-state index contributed by atoms with van der Waals surface area (Å²) in [5.41, 5.74) is 0. The molecule has 0 aromatic heterocycles. The summed E-state index contributed by atoms with van der Waals surface area (Å²) in [7, 11) is -4.92. The van der Waals surface area contributed by atoms with Crippen LogP contribution in [-0.2, 0) is 23.1 Å². The summed E-state index contributed by atoms with van der Waals surface area (Å²) in [6.07, 6.45) is 0. The minimum absolute atomic E-state index is 0. The van der Waals surface area contributed by atoms with Gasteiger partial charge in [0.05, 0.1) is 0 Å². The van der Waals surface area contributed by atoms with Crippen molar-refractivity contribution in [2.75, 3.05) is 0 Å². The zero-order valence-electron chi connectivity index (χ0n) is 7.67. The fourth-order valence-electron chi connectivity index (χ4n) is 0.246. The maximum Gasteiger partial charge on any atom is 1.00 e. The molecule has 0 saturated carbocycles. The van der Waals surface area contributed by atoms with Crippen molar-refractivity contribution >= 4 is 29.3 Å². The Morgan fingerprint density at radius 3 is 1.43 bits per heavy atom. The Morgan fingerprint density at radius 1 is 0.929 bits per heavy atom. The molecule has 0 aliphatic rings. The average molecular weight is 219 g/mol. The third-order valence-corrected chi connectivity index (χ3v) is 0.556. The molecule has 0 heterocycles. The first kappa shape index (κ1) is 24.5. The van der Waals surface area contributed by atoms with Crippen LogP contribution in [0.3, 0.4) is 0 Å². The first-order valence-electron chi connectivity index (χ1n) is 2.36. The van der Waals surface area contributed by atoms with Crippen LogP contribution in [0.5, 0.6) is 0 Å². The Labute approximate surface area is 126 Å². The van der Waals surface area contributed by atoms with E-state index in [-0.39, 0.29) is 79.3 Å². The van der Waals surface area contributed by atoms with Gasteiger partial charge in [0.2, 0.25) is 0 Å². The van der Waals surface area contributed by atoms with Crippen molar-refractivity contribution in [2.45, 2.75) is 0 Å².